The Kier molecular flexibility index (Phi) is 4.25. The molecule has 0 aliphatic heterocycles. The minimum Gasteiger partial charge on any atom is -0.488 e. The fourth-order valence-corrected chi connectivity index (χ4v) is 2.74. The number of H-pyrrole nitrogens is 1. The predicted octanol–water partition coefficient (Wildman–Crippen LogP) is 4.72. The topological polar surface area (TPSA) is 50.8 Å². The van der Waals surface area contributed by atoms with Crippen LogP contribution in [0.2, 0.25) is 0 Å². The van der Waals surface area contributed by atoms with E-state index in [-0.39, 0.29) is 0 Å². The van der Waals surface area contributed by atoms with Gasteiger partial charge in [-0.05, 0) is 17.7 Å². The maximum atomic E-state index is 6.06. The average molecular weight is 327 g/mol. The van der Waals surface area contributed by atoms with Crippen molar-refractivity contribution in [2.75, 3.05) is 0 Å². The Labute approximate surface area is 146 Å². The third-order valence-electron chi connectivity index (χ3n) is 3.97. The monoisotopic (exact) mass is 327 g/mol. The second kappa shape index (κ2) is 7.01. The van der Waals surface area contributed by atoms with Crippen molar-refractivity contribution in [3.05, 3.63) is 90.5 Å². The third-order valence-corrected chi connectivity index (χ3v) is 3.97. The van der Waals surface area contributed by atoms with E-state index >= 15 is 0 Å². The van der Waals surface area contributed by atoms with Crippen LogP contribution in [0.25, 0.3) is 22.5 Å². The Morgan fingerprint density at radius 3 is 2.12 bits per heavy atom. The molecular weight excluding hydrogens is 310 g/mol. The number of rotatable bonds is 5. The van der Waals surface area contributed by atoms with Gasteiger partial charge in [0.05, 0.1) is 0 Å². The molecule has 4 aromatic rings. The van der Waals surface area contributed by atoms with E-state index in [4.69, 9.17) is 4.74 Å². The Bertz CT molecular complexity index is 949. The summed E-state index contributed by atoms with van der Waals surface area (Å²) in [6.07, 6.45) is 0. The van der Waals surface area contributed by atoms with Gasteiger partial charge in [0.1, 0.15) is 23.7 Å². The van der Waals surface area contributed by atoms with Crippen LogP contribution in [-0.4, -0.2) is 15.4 Å². The van der Waals surface area contributed by atoms with Gasteiger partial charge >= 0.3 is 0 Å². The molecule has 1 heterocycles. The van der Waals surface area contributed by atoms with Gasteiger partial charge in [-0.25, -0.2) is 0 Å². The van der Waals surface area contributed by atoms with E-state index in [1.165, 1.54) is 0 Å². The van der Waals surface area contributed by atoms with E-state index in [9.17, 15) is 0 Å². The van der Waals surface area contributed by atoms with Crippen molar-refractivity contribution >= 4 is 0 Å². The van der Waals surface area contributed by atoms with Crippen LogP contribution in [-0.2, 0) is 6.61 Å². The van der Waals surface area contributed by atoms with E-state index in [0.717, 1.165) is 33.8 Å². The van der Waals surface area contributed by atoms with Crippen molar-refractivity contribution < 1.29 is 4.74 Å². The summed E-state index contributed by atoms with van der Waals surface area (Å²) < 4.78 is 6.06. The summed E-state index contributed by atoms with van der Waals surface area (Å²) in [5, 5.41) is 11.4. The summed E-state index contributed by atoms with van der Waals surface area (Å²) in [4.78, 5) is 0. The van der Waals surface area contributed by atoms with Crippen molar-refractivity contribution in [3.8, 4) is 28.3 Å². The zero-order valence-corrected chi connectivity index (χ0v) is 13.6. The normalized spacial score (nSPS) is 10.6. The minimum absolute atomic E-state index is 0.510. The number of ether oxygens (including phenoxy) is 1. The predicted molar refractivity (Wildman–Crippen MR) is 98.0 cm³/mol. The van der Waals surface area contributed by atoms with Gasteiger partial charge in [-0.2, -0.15) is 15.4 Å². The smallest absolute Gasteiger partial charge is 0.129 e. The summed E-state index contributed by atoms with van der Waals surface area (Å²) in [6, 6.07) is 28.0. The lowest BCUT2D eigenvalue weighted by Gasteiger charge is -2.11. The molecule has 0 amide bonds. The highest BCUT2D eigenvalue weighted by Gasteiger charge is 2.16. The largest absolute Gasteiger partial charge is 0.488 e. The molecule has 0 saturated carbocycles. The van der Waals surface area contributed by atoms with E-state index in [1.54, 1.807) is 0 Å². The molecule has 4 rings (SSSR count). The molecule has 0 saturated heterocycles. The van der Waals surface area contributed by atoms with Crippen molar-refractivity contribution in [1.82, 2.24) is 15.4 Å². The molecule has 0 bridgehead atoms. The van der Waals surface area contributed by atoms with Crippen LogP contribution < -0.4 is 4.74 Å². The molecule has 0 aliphatic rings. The second-order valence-electron chi connectivity index (χ2n) is 5.66. The lowest BCUT2D eigenvalue weighted by atomic mass is 10.0. The molecule has 0 atom stereocenters. The summed E-state index contributed by atoms with van der Waals surface area (Å²) in [5.41, 5.74) is 4.67. The van der Waals surface area contributed by atoms with Gasteiger partial charge in [0.2, 0.25) is 0 Å². The molecule has 0 spiro atoms. The molecule has 4 heteroatoms. The highest BCUT2D eigenvalue weighted by atomic mass is 16.5. The lowest BCUT2D eigenvalue weighted by Crippen LogP contribution is -1.97. The van der Waals surface area contributed by atoms with Crippen molar-refractivity contribution in [1.29, 1.82) is 0 Å². The van der Waals surface area contributed by atoms with Gasteiger partial charge in [0.25, 0.3) is 0 Å². The van der Waals surface area contributed by atoms with Crippen molar-refractivity contribution in [2.45, 2.75) is 6.61 Å². The Morgan fingerprint density at radius 2 is 1.32 bits per heavy atom. The summed E-state index contributed by atoms with van der Waals surface area (Å²) in [6.45, 7) is 0.510. The zero-order valence-electron chi connectivity index (χ0n) is 13.6. The van der Waals surface area contributed by atoms with Gasteiger partial charge in [-0.3, -0.25) is 0 Å². The Morgan fingerprint density at radius 1 is 0.680 bits per heavy atom. The number of aromatic amines is 1. The van der Waals surface area contributed by atoms with Crippen molar-refractivity contribution in [2.24, 2.45) is 0 Å². The minimum atomic E-state index is 0.510. The highest BCUT2D eigenvalue weighted by molar-refractivity contribution is 5.80. The van der Waals surface area contributed by atoms with Crippen LogP contribution in [0.1, 0.15) is 5.56 Å². The number of para-hydroxylation sites is 1. The van der Waals surface area contributed by atoms with Gasteiger partial charge in [-0.1, -0.05) is 72.8 Å². The van der Waals surface area contributed by atoms with Crippen molar-refractivity contribution in [3.63, 3.8) is 0 Å². The molecule has 3 aromatic carbocycles. The maximum absolute atomic E-state index is 6.06. The Balaban J connectivity index is 1.67. The molecule has 1 N–H and O–H groups in total. The van der Waals surface area contributed by atoms with Crippen LogP contribution in [0.15, 0.2) is 84.9 Å². The number of hydrogen-bond acceptors (Lipinski definition) is 3. The SMILES string of the molecule is c1ccc(COc2ccccc2-c2n[nH]nc2-c2ccccc2)cc1. The number of benzene rings is 3. The fraction of sp³-hybridized carbons (Fsp3) is 0.0476. The molecule has 0 fully saturated rings. The quantitative estimate of drug-likeness (QED) is 0.577. The molecule has 0 unspecified atom stereocenters. The van der Waals surface area contributed by atoms with E-state index in [1.807, 2.05) is 84.9 Å². The standard InChI is InChI=1S/C21H17N3O/c1-3-9-16(10-4-1)15-25-19-14-8-7-13-18(19)21-20(22-24-23-21)17-11-5-2-6-12-17/h1-14H,15H2,(H,22,23,24). The van der Waals surface area contributed by atoms with Crippen LogP contribution in [0.5, 0.6) is 5.75 Å². The zero-order chi connectivity index (χ0) is 16.9. The first-order valence-corrected chi connectivity index (χ1v) is 8.14. The van der Waals surface area contributed by atoms with Crippen LogP contribution in [0.4, 0.5) is 0 Å². The first kappa shape index (κ1) is 15.1. The molecular formula is C21H17N3O. The molecule has 1 aromatic heterocycles. The maximum Gasteiger partial charge on any atom is 0.129 e. The molecule has 25 heavy (non-hydrogen) atoms. The van der Waals surface area contributed by atoms with E-state index < -0.39 is 0 Å². The molecule has 122 valence electrons. The van der Waals surface area contributed by atoms with Crippen LogP contribution >= 0.6 is 0 Å². The van der Waals surface area contributed by atoms with Gasteiger partial charge in [-0.15, -0.1) is 0 Å². The van der Waals surface area contributed by atoms with Gasteiger partial charge in [0.15, 0.2) is 0 Å². The second-order valence-corrected chi connectivity index (χ2v) is 5.66. The summed E-state index contributed by atoms with van der Waals surface area (Å²) in [7, 11) is 0. The summed E-state index contributed by atoms with van der Waals surface area (Å²) >= 11 is 0. The lowest BCUT2D eigenvalue weighted by molar-refractivity contribution is 0.307. The van der Waals surface area contributed by atoms with Gasteiger partial charge < -0.3 is 4.74 Å². The number of aromatic nitrogens is 3. The number of hydrogen-bond donors (Lipinski definition) is 1. The average Bonchev–Trinajstić information content (AvgIpc) is 3.18. The van der Waals surface area contributed by atoms with Crippen LogP contribution in [0.3, 0.4) is 0 Å². The first-order valence-electron chi connectivity index (χ1n) is 8.14. The summed E-state index contributed by atoms with van der Waals surface area (Å²) in [5.74, 6) is 0.789. The van der Waals surface area contributed by atoms with Crippen LogP contribution in [0, 0.1) is 0 Å². The first-order chi connectivity index (χ1) is 12.4. The van der Waals surface area contributed by atoms with E-state index in [2.05, 4.69) is 15.4 Å². The highest BCUT2D eigenvalue weighted by Crippen LogP contribution is 2.34. The molecule has 0 aliphatic carbocycles. The molecule has 4 nitrogen and oxygen atoms in total. The molecule has 0 radical (unpaired) electrons. The number of nitrogens with zero attached hydrogens (tertiary/aromatic N) is 2. The van der Waals surface area contributed by atoms with E-state index in [0.29, 0.717) is 6.61 Å². The third kappa shape index (κ3) is 3.28. The van der Waals surface area contributed by atoms with Gasteiger partial charge in [0, 0.05) is 11.1 Å². The Hall–Kier alpha value is -3.40. The number of nitrogens with one attached hydrogen (secondary N) is 1. The fourth-order valence-electron chi connectivity index (χ4n) is 2.74.